The van der Waals surface area contributed by atoms with Gasteiger partial charge in [0.15, 0.2) is 5.58 Å². The monoisotopic (exact) mass is 280 g/mol. The minimum atomic E-state index is 0.545. The molecule has 0 aliphatic rings. The van der Waals surface area contributed by atoms with Gasteiger partial charge >= 0.3 is 0 Å². The van der Waals surface area contributed by atoms with Crippen molar-refractivity contribution in [1.82, 2.24) is 4.98 Å². The fraction of sp³-hybridized carbons (Fsp3) is 0.278. The lowest BCUT2D eigenvalue weighted by molar-refractivity contribution is 0.526. The molecule has 0 amide bonds. The van der Waals surface area contributed by atoms with Crippen LogP contribution in [-0.2, 0) is 6.54 Å². The van der Waals surface area contributed by atoms with Crippen LogP contribution in [0.1, 0.15) is 19.4 Å². The van der Waals surface area contributed by atoms with E-state index in [1.165, 1.54) is 5.56 Å². The van der Waals surface area contributed by atoms with Gasteiger partial charge in [0.05, 0.1) is 0 Å². The summed E-state index contributed by atoms with van der Waals surface area (Å²) < 4.78 is 5.92. The van der Waals surface area contributed by atoms with Crippen molar-refractivity contribution in [3.05, 3.63) is 60.2 Å². The Morgan fingerprint density at radius 2 is 1.71 bits per heavy atom. The third kappa shape index (κ3) is 3.24. The second kappa shape index (κ2) is 6.00. The number of rotatable bonds is 5. The molecule has 21 heavy (non-hydrogen) atoms. The summed E-state index contributed by atoms with van der Waals surface area (Å²) in [5, 5.41) is 0. The van der Waals surface area contributed by atoms with Crippen LogP contribution < -0.4 is 4.90 Å². The number of aromatic nitrogens is 1. The number of anilines is 1. The van der Waals surface area contributed by atoms with Crippen LogP contribution in [0.5, 0.6) is 0 Å². The van der Waals surface area contributed by atoms with E-state index in [0.29, 0.717) is 11.9 Å². The first kappa shape index (κ1) is 13.7. The smallest absolute Gasteiger partial charge is 0.298 e. The number of para-hydroxylation sites is 2. The summed E-state index contributed by atoms with van der Waals surface area (Å²) >= 11 is 0. The van der Waals surface area contributed by atoms with Gasteiger partial charge in [-0.3, -0.25) is 0 Å². The van der Waals surface area contributed by atoms with Crippen LogP contribution in [0.25, 0.3) is 11.1 Å². The Kier molecular flexibility index (Phi) is 3.91. The Bertz CT molecular complexity index is 670. The van der Waals surface area contributed by atoms with Gasteiger partial charge in [-0.15, -0.1) is 0 Å². The molecule has 1 aromatic heterocycles. The second-order valence-corrected chi connectivity index (χ2v) is 5.72. The molecule has 108 valence electrons. The Labute approximate surface area is 125 Å². The molecule has 3 heteroatoms. The minimum absolute atomic E-state index is 0.545. The molecule has 0 unspecified atom stereocenters. The van der Waals surface area contributed by atoms with Crippen molar-refractivity contribution in [2.75, 3.05) is 11.4 Å². The van der Waals surface area contributed by atoms with E-state index >= 15 is 0 Å². The molecule has 0 N–H and O–H groups in total. The number of oxazole rings is 1. The van der Waals surface area contributed by atoms with Crippen molar-refractivity contribution in [3.8, 4) is 0 Å². The number of nitrogens with zero attached hydrogens (tertiary/aromatic N) is 2. The number of hydrogen-bond donors (Lipinski definition) is 0. The van der Waals surface area contributed by atoms with Crippen LogP contribution in [0.4, 0.5) is 6.01 Å². The topological polar surface area (TPSA) is 29.3 Å². The highest BCUT2D eigenvalue weighted by atomic mass is 16.4. The van der Waals surface area contributed by atoms with E-state index in [2.05, 4.69) is 48.0 Å². The summed E-state index contributed by atoms with van der Waals surface area (Å²) in [4.78, 5) is 6.83. The minimum Gasteiger partial charge on any atom is -0.423 e. The van der Waals surface area contributed by atoms with Crippen LogP contribution in [0.15, 0.2) is 59.0 Å². The summed E-state index contributed by atoms with van der Waals surface area (Å²) in [5.41, 5.74) is 3.02. The molecule has 0 saturated heterocycles. The molecule has 0 spiro atoms. The molecule has 0 aliphatic carbocycles. The maximum atomic E-state index is 5.92. The Morgan fingerprint density at radius 3 is 2.43 bits per heavy atom. The van der Waals surface area contributed by atoms with Gasteiger partial charge in [-0.05, 0) is 23.6 Å². The lowest BCUT2D eigenvalue weighted by atomic mass is 10.1. The Balaban J connectivity index is 1.91. The summed E-state index contributed by atoms with van der Waals surface area (Å²) in [6.07, 6.45) is 0. The van der Waals surface area contributed by atoms with Gasteiger partial charge in [-0.1, -0.05) is 56.3 Å². The zero-order chi connectivity index (χ0) is 14.7. The zero-order valence-corrected chi connectivity index (χ0v) is 12.5. The van der Waals surface area contributed by atoms with E-state index in [0.717, 1.165) is 24.2 Å². The second-order valence-electron chi connectivity index (χ2n) is 5.72. The standard InChI is InChI=1S/C18H20N2O/c1-14(2)12-20(13-15-8-4-3-5-9-15)18-19-16-10-6-7-11-17(16)21-18/h3-11,14H,12-13H2,1-2H3. The normalized spacial score (nSPS) is 11.2. The van der Waals surface area contributed by atoms with Gasteiger partial charge in [-0.2, -0.15) is 4.98 Å². The third-order valence-corrected chi connectivity index (χ3v) is 3.35. The van der Waals surface area contributed by atoms with Gasteiger partial charge < -0.3 is 9.32 Å². The lowest BCUT2D eigenvalue weighted by Gasteiger charge is -2.22. The number of hydrogen-bond acceptors (Lipinski definition) is 3. The van der Waals surface area contributed by atoms with Crippen molar-refractivity contribution in [2.24, 2.45) is 5.92 Å². The van der Waals surface area contributed by atoms with E-state index in [-0.39, 0.29) is 0 Å². The van der Waals surface area contributed by atoms with Gasteiger partial charge in [0.1, 0.15) is 5.52 Å². The fourth-order valence-corrected chi connectivity index (χ4v) is 2.45. The van der Waals surface area contributed by atoms with Crippen LogP contribution in [0.2, 0.25) is 0 Å². The van der Waals surface area contributed by atoms with Gasteiger partial charge in [-0.25, -0.2) is 0 Å². The molecule has 1 heterocycles. The van der Waals surface area contributed by atoms with Crippen molar-refractivity contribution < 1.29 is 4.42 Å². The predicted molar refractivity (Wildman–Crippen MR) is 86.3 cm³/mol. The van der Waals surface area contributed by atoms with E-state index < -0.39 is 0 Å². The first-order chi connectivity index (χ1) is 10.2. The van der Waals surface area contributed by atoms with Crippen molar-refractivity contribution in [1.29, 1.82) is 0 Å². The average Bonchev–Trinajstić information content (AvgIpc) is 2.91. The highest BCUT2D eigenvalue weighted by Crippen LogP contribution is 2.23. The fourth-order valence-electron chi connectivity index (χ4n) is 2.45. The molecule has 2 aromatic carbocycles. The molecular formula is C18H20N2O. The van der Waals surface area contributed by atoms with Crippen LogP contribution in [0, 0.1) is 5.92 Å². The molecule has 3 nitrogen and oxygen atoms in total. The SMILES string of the molecule is CC(C)CN(Cc1ccccc1)c1nc2ccccc2o1. The maximum absolute atomic E-state index is 5.92. The van der Waals surface area contributed by atoms with Crippen LogP contribution in [0.3, 0.4) is 0 Å². The average molecular weight is 280 g/mol. The van der Waals surface area contributed by atoms with E-state index in [1.807, 2.05) is 30.3 Å². The molecular weight excluding hydrogens is 260 g/mol. The molecule has 3 rings (SSSR count). The van der Waals surface area contributed by atoms with Crippen molar-refractivity contribution in [2.45, 2.75) is 20.4 Å². The predicted octanol–water partition coefficient (Wildman–Crippen LogP) is 4.49. The molecule has 0 bridgehead atoms. The molecule has 3 aromatic rings. The van der Waals surface area contributed by atoms with E-state index in [9.17, 15) is 0 Å². The van der Waals surface area contributed by atoms with Crippen LogP contribution >= 0.6 is 0 Å². The zero-order valence-electron chi connectivity index (χ0n) is 12.5. The molecule has 0 atom stereocenters. The summed E-state index contributed by atoms with van der Waals surface area (Å²) in [7, 11) is 0. The highest BCUT2D eigenvalue weighted by molar-refractivity contribution is 5.74. The maximum Gasteiger partial charge on any atom is 0.298 e. The Morgan fingerprint density at radius 1 is 1.00 bits per heavy atom. The first-order valence-corrected chi connectivity index (χ1v) is 7.37. The van der Waals surface area contributed by atoms with Gasteiger partial charge in [0, 0.05) is 13.1 Å². The molecule has 0 saturated carbocycles. The largest absolute Gasteiger partial charge is 0.423 e. The molecule has 0 aliphatic heterocycles. The summed E-state index contributed by atoms with van der Waals surface area (Å²) in [6.45, 7) is 6.15. The van der Waals surface area contributed by atoms with Crippen molar-refractivity contribution >= 4 is 17.1 Å². The third-order valence-electron chi connectivity index (χ3n) is 3.35. The van der Waals surface area contributed by atoms with Gasteiger partial charge in [0.2, 0.25) is 0 Å². The summed E-state index contributed by atoms with van der Waals surface area (Å²) in [6, 6.07) is 19.0. The van der Waals surface area contributed by atoms with Gasteiger partial charge in [0.25, 0.3) is 6.01 Å². The highest BCUT2D eigenvalue weighted by Gasteiger charge is 2.15. The summed E-state index contributed by atoms with van der Waals surface area (Å²) in [5.74, 6) is 0.545. The number of fused-ring (bicyclic) bond motifs is 1. The lowest BCUT2D eigenvalue weighted by Crippen LogP contribution is -2.27. The van der Waals surface area contributed by atoms with E-state index in [1.54, 1.807) is 0 Å². The van der Waals surface area contributed by atoms with Crippen molar-refractivity contribution in [3.63, 3.8) is 0 Å². The number of benzene rings is 2. The quantitative estimate of drug-likeness (QED) is 0.689. The molecule has 0 fully saturated rings. The molecule has 0 radical (unpaired) electrons. The Hall–Kier alpha value is -2.29. The van der Waals surface area contributed by atoms with Crippen LogP contribution in [-0.4, -0.2) is 11.5 Å². The first-order valence-electron chi connectivity index (χ1n) is 7.37. The van der Waals surface area contributed by atoms with E-state index in [4.69, 9.17) is 4.42 Å².